The zero-order valence-corrected chi connectivity index (χ0v) is 16.3. The monoisotopic (exact) mass is 384 g/mol. The predicted octanol–water partition coefficient (Wildman–Crippen LogP) is 2.32. The first-order valence-corrected chi connectivity index (χ1v) is 10.0. The maximum absolute atomic E-state index is 13.2. The first kappa shape index (κ1) is 19.0. The minimum absolute atomic E-state index is 0.0949. The van der Waals surface area contributed by atoms with Gasteiger partial charge in [-0.2, -0.15) is 0 Å². The number of hydrogen-bond donors (Lipinski definition) is 2. The van der Waals surface area contributed by atoms with Gasteiger partial charge in [-0.3, -0.25) is 4.79 Å². The molecule has 0 aliphatic carbocycles. The molecule has 6 nitrogen and oxygen atoms in total. The minimum atomic E-state index is -1.69. The number of rotatable bonds is 7. The minimum Gasteiger partial charge on any atom is -0.497 e. The number of carbonyl (C=O) groups is 1. The van der Waals surface area contributed by atoms with E-state index in [1.54, 1.807) is 19.2 Å². The Morgan fingerprint density at radius 1 is 1.29 bits per heavy atom. The largest absolute Gasteiger partial charge is 0.497 e. The summed E-state index contributed by atoms with van der Waals surface area (Å²) in [5, 5.41) is 14.5. The molecule has 3 saturated heterocycles. The standard InChI is InChI=1S/C22H28N2O4/c1-27-18-6-4-16(5-7-18)8-11-22(26,20-3-2-14-28-20)21(25)23-19-15-24-12-9-17(19)10-13-24/h2-7,14,17,19,26H,8-13,15H2,1H3,(H,23,25)/t19-,22?/m0/s1. The van der Waals surface area contributed by atoms with Crippen molar-refractivity contribution in [3.8, 4) is 5.75 Å². The smallest absolute Gasteiger partial charge is 0.260 e. The molecule has 1 aromatic heterocycles. The molecule has 2 aromatic rings. The van der Waals surface area contributed by atoms with E-state index in [9.17, 15) is 9.90 Å². The molecule has 150 valence electrons. The lowest BCUT2D eigenvalue weighted by Crippen LogP contribution is -2.60. The number of carbonyl (C=O) groups excluding carboxylic acids is 1. The number of furan rings is 1. The van der Waals surface area contributed by atoms with Crippen LogP contribution in [0.15, 0.2) is 47.1 Å². The zero-order valence-electron chi connectivity index (χ0n) is 16.3. The first-order valence-electron chi connectivity index (χ1n) is 10.0. The van der Waals surface area contributed by atoms with Gasteiger partial charge in [-0.15, -0.1) is 0 Å². The normalized spacial score (nSPS) is 25.9. The average molecular weight is 384 g/mol. The average Bonchev–Trinajstić information content (AvgIpc) is 3.29. The predicted molar refractivity (Wildman–Crippen MR) is 105 cm³/mol. The molecular weight excluding hydrogens is 356 g/mol. The molecule has 2 atom stereocenters. The van der Waals surface area contributed by atoms with Gasteiger partial charge >= 0.3 is 0 Å². The maximum atomic E-state index is 13.2. The van der Waals surface area contributed by atoms with E-state index in [1.165, 1.54) is 6.26 Å². The fourth-order valence-corrected chi connectivity index (χ4v) is 4.40. The van der Waals surface area contributed by atoms with Crippen LogP contribution in [0.5, 0.6) is 5.75 Å². The number of amides is 1. The van der Waals surface area contributed by atoms with Crippen molar-refractivity contribution in [3.63, 3.8) is 0 Å². The molecule has 0 saturated carbocycles. The van der Waals surface area contributed by atoms with Crippen molar-refractivity contribution in [2.45, 2.75) is 37.3 Å². The zero-order chi connectivity index (χ0) is 19.6. The Kier molecular flexibility index (Phi) is 5.42. The van der Waals surface area contributed by atoms with Gasteiger partial charge in [-0.25, -0.2) is 0 Å². The van der Waals surface area contributed by atoms with Gasteiger partial charge in [-0.05, 0) is 74.5 Å². The number of aliphatic hydroxyl groups is 1. The second-order valence-electron chi connectivity index (χ2n) is 7.90. The maximum Gasteiger partial charge on any atom is 0.260 e. The van der Waals surface area contributed by atoms with Crippen LogP contribution in [0.3, 0.4) is 0 Å². The highest BCUT2D eigenvalue weighted by Gasteiger charge is 2.43. The molecule has 3 aliphatic rings. The van der Waals surface area contributed by atoms with E-state index in [4.69, 9.17) is 9.15 Å². The quantitative estimate of drug-likeness (QED) is 0.766. The summed E-state index contributed by atoms with van der Waals surface area (Å²) < 4.78 is 10.6. The number of fused-ring (bicyclic) bond motifs is 3. The van der Waals surface area contributed by atoms with Crippen molar-refractivity contribution in [2.75, 3.05) is 26.7 Å². The second-order valence-corrected chi connectivity index (χ2v) is 7.90. The SMILES string of the molecule is COc1ccc(CCC(O)(C(=O)N[C@H]2CN3CCC2CC3)c2ccco2)cc1. The van der Waals surface area contributed by atoms with Gasteiger partial charge in [0.05, 0.1) is 13.4 Å². The third kappa shape index (κ3) is 3.80. The molecule has 4 heterocycles. The van der Waals surface area contributed by atoms with Crippen LogP contribution in [0.4, 0.5) is 0 Å². The van der Waals surface area contributed by atoms with E-state index < -0.39 is 5.60 Å². The number of methoxy groups -OCH3 is 1. The number of benzene rings is 1. The van der Waals surface area contributed by atoms with Crippen LogP contribution < -0.4 is 10.1 Å². The number of nitrogens with one attached hydrogen (secondary N) is 1. The van der Waals surface area contributed by atoms with Crippen LogP contribution in [-0.4, -0.2) is 48.7 Å². The highest BCUT2D eigenvalue weighted by Crippen LogP contribution is 2.31. The van der Waals surface area contributed by atoms with Gasteiger partial charge in [-0.1, -0.05) is 12.1 Å². The van der Waals surface area contributed by atoms with Crippen molar-refractivity contribution >= 4 is 5.91 Å². The van der Waals surface area contributed by atoms with Crippen LogP contribution in [0.2, 0.25) is 0 Å². The Morgan fingerprint density at radius 3 is 2.61 bits per heavy atom. The summed E-state index contributed by atoms with van der Waals surface area (Å²) in [5.41, 5.74) is -0.656. The highest BCUT2D eigenvalue weighted by atomic mass is 16.5. The van der Waals surface area contributed by atoms with E-state index in [-0.39, 0.29) is 18.4 Å². The van der Waals surface area contributed by atoms with Gasteiger partial charge in [0.15, 0.2) is 0 Å². The van der Waals surface area contributed by atoms with E-state index >= 15 is 0 Å². The molecule has 1 aromatic carbocycles. The lowest BCUT2D eigenvalue weighted by molar-refractivity contribution is -0.145. The summed E-state index contributed by atoms with van der Waals surface area (Å²) in [6.45, 7) is 3.08. The molecule has 5 rings (SSSR count). The van der Waals surface area contributed by atoms with E-state index in [0.29, 0.717) is 18.1 Å². The molecular formula is C22H28N2O4. The van der Waals surface area contributed by atoms with Crippen LogP contribution >= 0.6 is 0 Å². The molecule has 2 bridgehead atoms. The van der Waals surface area contributed by atoms with Crippen LogP contribution in [0, 0.1) is 5.92 Å². The number of nitrogens with zero attached hydrogens (tertiary/aromatic N) is 1. The summed E-state index contributed by atoms with van der Waals surface area (Å²) in [7, 11) is 1.63. The van der Waals surface area contributed by atoms with Crippen molar-refractivity contribution < 1.29 is 19.1 Å². The number of ether oxygens (including phenoxy) is 1. The molecule has 3 aliphatic heterocycles. The lowest BCUT2D eigenvalue weighted by atomic mass is 9.83. The van der Waals surface area contributed by atoms with Crippen LogP contribution in [-0.2, 0) is 16.8 Å². The Balaban J connectivity index is 1.48. The lowest BCUT2D eigenvalue weighted by Gasteiger charge is -2.45. The number of hydrogen-bond acceptors (Lipinski definition) is 5. The van der Waals surface area contributed by atoms with Gasteiger partial charge in [0.1, 0.15) is 11.5 Å². The molecule has 0 radical (unpaired) electrons. The number of aryl methyl sites for hydroxylation is 1. The Hall–Kier alpha value is -2.31. The van der Waals surface area contributed by atoms with Gasteiger partial charge in [0.2, 0.25) is 5.60 Å². The number of piperidine rings is 3. The Labute approximate surface area is 165 Å². The van der Waals surface area contributed by atoms with Crippen molar-refractivity contribution in [1.29, 1.82) is 0 Å². The fourth-order valence-electron chi connectivity index (χ4n) is 4.40. The Bertz CT molecular complexity index is 781. The molecule has 1 amide bonds. The second kappa shape index (κ2) is 7.97. The van der Waals surface area contributed by atoms with Crippen LogP contribution in [0.25, 0.3) is 0 Å². The molecule has 3 fully saturated rings. The summed E-state index contributed by atoms with van der Waals surface area (Å²) in [6.07, 6.45) is 4.51. The van der Waals surface area contributed by atoms with E-state index in [0.717, 1.165) is 43.8 Å². The van der Waals surface area contributed by atoms with Crippen LogP contribution in [0.1, 0.15) is 30.6 Å². The fraction of sp³-hybridized carbons (Fsp3) is 0.500. The van der Waals surface area contributed by atoms with Gasteiger partial charge in [0.25, 0.3) is 5.91 Å². The molecule has 0 spiro atoms. The summed E-state index contributed by atoms with van der Waals surface area (Å²) in [6, 6.07) is 11.1. The van der Waals surface area contributed by atoms with Crippen molar-refractivity contribution in [3.05, 3.63) is 54.0 Å². The molecule has 1 unspecified atom stereocenters. The third-order valence-electron chi connectivity index (χ3n) is 6.21. The summed E-state index contributed by atoms with van der Waals surface area (Å²) in [5.74, 6) is 1.20. The van der Waals surface area contributed by atoms with Gasteiger partial charge < -0.3 is 24.5 Å². The summed E-state index contributed by atoms with van der Waals surface area (Å²) >= 11 is 0. The van der Waals surface area contributed by atoms with E-state index in [2.05, 4.69) is 10.2 Å². The van der Waals surface area contributed by atoms with Crippen molar-refractivity contribution in [2.24, 2.45) is 5.92 Å². The molecule has 6 heteroatoms. The summed E-state index contributed by atoms with van der Waals surface area (Å²) in [4.78, 5) is 15.6. The Morgan fingerprint density at radius 2 is 2.04 bits per heavy atom. The first-order chi connectivity index (χ1) is 13.6. The van der Waals surface area contributed by atoms with E-state index in [1.807, 2.05) is 24.3 Å². The molecule has 28 heavy (non-hydrogen) atoms. The highest BCUT2D eigenvalue weighted by molar-refractivity contribution is 5.86. The van der Waals surface area contributed by atoms with Gasteiger partial charge in [0, 0.05) is 12.6 Å². The third-order valence-corrected chi connectivity index (χ3v) is 6.21. The topological polar surface area (TPSA) is 74.9 Å². The van der Waals surface area contributed by atoms with Crippen molar-refractivity contribution in [1.82, 2.24) is 10.2 Å². The molecule has 2 N–H and O–H groups in total.